The molecule has 9 heteroatoms. The molecule has 0 unspecified atom stereocenters. The second-order valence-electron chi connectivity index (χ2n) is 7.12. The van der Waals surface area contributed by atoms with Gasteiger partial charge in [-0.1, -0.05) is 12.1 Å². The highest BCUT2D eigenvalue weighted by Crippen LogP contribution is 2.38. The molecule has 1 aliphatic heterocycles. The van der Waals surface area contributed by atoms with Crippen LogP contribution >= 0.6 is 0 Å². The Kier molecular flexibility index (Phi) is 5.07. The second kappa shape index (κ2) is 7.56. The van der Waals surface area contributed by atoms with Crippen LogP contribution in [-0.4, -0.2) is 34.3 Å². The van der Waals surface area contributed by atoms with Crippen LogP contribution in [-0.2, 0) is 17.5 Å². The minimum absolute atomic E-state index is 0.0973. The summed E-state index contributed by atoms with van der Waals surface area (Å²) in [4.78, 5) is 17.0. The van der Waals surface area contributed by atoms with Crippen molar-refractivity contribution < 1.29 is 22.7 Å². The van der Waals surface area contributed by atoms with Crippen molar-refractivity contribution in [3.05, 3.63) is 59.5 Å². The highest BCUT2D eigenvalue weighted by atomic mass is 19.4. The number of fused-ring (bicyclic) bond motifs is 1. The van der Waals surface area contributed by atoms with E-state index >= 15 is 0 Å². The molecule has 0 bridgehead atoms. The van der Waals surface area contributed by atoms with Crippen LogP contribution in [0.5, 0.6) is 0 Å². The highest BCUT2D eigenvalue weighted by molar-refractivity contribution is 6.03. The Bertz CT molecular complexity index is 1090. The second-order valence-corrected chi connectivity index (χ2v) is 7.12. The van der Waals surface area contributed by atoms with Gasteiger partial charge in [-0.25, -0.2) is 0 Å². The van der Waals surface area contributed by atoms with Crippen molar-refractivity contribution in [3.8, 4) is 22.4 Å². The van der Waals surface area contributed by atoms with Crippen LogP contribution in [0.25, 0.3) is 22.4 Å². The first kappa shape index (κ1) is 20.1. The van der Waals surface area contributed by atoms with Crippen molar-refractivity contribution in [2.24, 2.45) is 0 Å². The van der Waals surface area contributed by atoms with Crippen molar-refractivity contribution in [1.29, 1.82) is 0 Å². The lowest BCUT2D eigenvalue weighted by Crippen LogP contribution is -2.38. The summed E-state index contributed by atoms with van der Waals surface area (Å²) >= 11 is 0. The monoisotopic (exact) mass is 416 g/mol. The molecule has 1 amide bonds. The zero-order valence-electron chi connectivity index (χ0n) is 16.3. The maximum Gasteiger partial charge on any atom is 0.416 e. The summed E-state index contributed by atoms with van der Waals surface area (Å²) in [7, 11) is 1.55. The number of halogens is 3. The first-order chi connectivity index (χ1) is 14.3. The maximum atomic E-state index is 13.0. The number of benzene rings is 1. The number of ether oxygens (including phenoxy) is 1. The topological polar surface area (TPSA) is 69.0 Å². The highest BCUT2D eigenvalue weighted by Gasteiger charge is 2.33. The fourth-order valence-corrected chi connectivity index (χ4v) is 3.53. The van der Waals surface area contributed by atoms with Gasteiger partial charge in [-0.2, -0.15) is 18.3 Å². The molecule has 1 N–H and O–H groups in total. The number of pyridine rings is 1. The Morgan fingerprint density at radius 3 is 2.60 bits per heavy atom. The van der Waals surface area contributed by atoms with E-state index in [-0.39, 0.29) is 18.6 Å². The predicted molar refractivity (Wildman–Crippen MR) is 104 cm³/mol. The normalized spacial score (nSPS) is 16.3. The number of methoxy groups -OCH3 is 1. The van der Waals surface area contributed by atoms with Gasteiger partial charge in [0.05, 0.1) is 23.9 Å². The number of nitrogens with one attached hydrogen (secondary N) is 1. The van der Waals surface area contributed by atoms with Crippen molar-refractivity contribution >= 4 is 5.91 Å². The zero-order chi connectivity index (χ0) is 21.5. The molecule has 2 aromatic heterocycles. The van der Waals surface area contributed by atoms with E-state index in [0.29, 0.717) is 40.3 Å². The molecule has 1 aliphatic rings. The van der Waals surface area contributed by atoms with Crippen molar-refractivity contribution in [2.45, 2.75) is 25.7 Å². The minimum Gasteiger partial charge on any atom is -0.378 e. The summed E-state index contributed by atoms with van der Waals surface area (Å²) in [6.45, 7) is 2.62. The molecule has 3 heterocycles. The van der Waals surface area contributed by atoms with Gasteiger partial charge in [0, 0.05) is 31.0 Å². The van der Waals surface area contributed by atoms with Crippen LogP contribution in [0.1, 0.15) is 34.7 Å². The Morgan fingerprint density at radius 2 is 1.93 bits per heavy atom. The number of rotatable bonds is 4. The van der Waals surface area contributed by atoms with E-state index < -0.39 is 11.7 Å². The molecule has 156 valence electrons. The van der Waals surface area contributed by atoms with E-state index in [1.165, 1.54) is 12.1 Å². The van der Waals surface area contributed by atoms with Gasteiger partial charge in [0.25, 0.3) is 5.91 Å². The molecule has 0 radical (unpaired) electrons. The Morgan fingerprint density at radius 1 is 1.20 bits per heavy atom. The lowest BCUT2D eigenvalue weighted by molar-refractivity contribution is -0.137. The van der Waals surface area contributed by atoms with Gasteiger partial charge in [0.2, 0.25) is 0 Å². The van der Waals surface area contributed by atoms with Crippen molar-refractivity contribution in [3.63, 3.8) is 0 Å². The average molecular weight is 416 g/mol. The number of amides is 1. The number of carbonyl (C=O) groups is 1. The summed E-state index contributed by atoms with van der Waals surface area (Å²) in [5, 5.41) is 7.46. The Balaban J connectivity index is 1.92. The molecule has 6 nitrogen and oxygen atoms in total. The number of aromatic nitrogens is 3. The smallest absolute Gasteiger partial charge is 0.378 e. The van der Waals surface area contributed by atoms with Gasteiger partial charge in [0.1, 0.15) is 11.4 Å². The lowest BCUT2D eigenvalue weighted by atomic mass is 9.97. The number of nitrogens with zero attached hydrogens (tertiary/aromatic N) is 3. The van der Waals surface area contributed by atoms with E-state index in [4.69, 9.17) is 4.74 Å². The fraction of sp³-hybridized carbons (Fsp3) is 0.286. The van der Waals surface area contributed by atoms with Crippen LogP contribution < -0.4 is 5.32 Å². The first-order valence-corrected chi connectivity index (χ1v) is 9.32. The van der Waals surface area contributed by atoms with Crippen molar-refractivity contribution in [2.75, 3.05) is 13.7 Å². The third kappa shape index (κ3) is 3.56. The summed E-state index contributed by atoms with van der Waals surface area (Å²) in [5.74, 6) is -0.279. The number of alkyl halides is 3. The largest absolute Gasteiger partial charge is 0.416 e. The molecule has 0 aliphatic carbocycles. The molecule has 3 aromatic rings. The van der Waals surface area contributed by atoms with Gasteiger partial charge in [-0.15, -0.1) is 0 Å². The molecule has 30 heavy (non-hydrogen) atoms. The third-order valence-electron chi connectivity index (χ3n) is 4.98. The summed E-state index contributed by atoms with van der Waals surface area (Å²) in [6, 6.07) is 8.23. The average Bonchev–Trinajstić information content (AvgIpc) is 3.13. The third-order valence-corrected chi connectivity index (χ3v) is 4.98. The van der Waals surface area contributed by atoms with Gasteiger partial charge >= 0.3 is 6.18 Å². The van der Waals surface area contributed by atoms with E-state index in [9.17, 15) is 18.0 Å². The fourth-order valence-electron chi connectivity index (χ4n) is 3.53. The lowest BCUT2D eigenvalue weighted by Gasteiger charge is -2.22. The molecule has 1 atom stereocenters. The minimum atomic E-state index is -4.43. The molecule has 4 rings (SSSR count). The van der Waals surface area contributed by atoms with Gasteiger partial charge in [-0.05, 0) is 36.8 Å². The van der Waals surface area contributed by atoms with E-state index in [1.54, 1.807) is 30.1 Å². The van der Waals surface area contributed by atoms with Crippen LogP contribution in [0.4, 0.5) is 13.2 Å². The molecule has 0 saturated heterocycles. The maximum absolute atomic E-state index is 13.0. The first-order valence-electron chi connectivity index (χ1n) is 9.32. The van der Waals surface area contributed by atoms with Crippen molar-refractivity contribution in [1.82, 2.24) is 20.1 Å². The zero-order valence-corrected chi connectivity index (χ0v) is 16.3. The van der Waals surface area contributed by atoms with E-state index in [1.807, 2.05) is 6.92 Å². The quantitative estimate of drug-likeness (QED) is 0.696. The number of carbonyl (C=O) groups excluding carboxylic acids is 1. The molecular weight excluding hydrogens is 397 g/mol. The molecule has 0 saturated carbocycles. The van der Waals surface area contributed by atoms with E-state index in [0.717, 1.165) is 12.1 Å². The molecule has 0 fully saturated rings. The molecule has 1 aromatic carbocycles. The van der Waals surface area contributed by atoms with E-state index in [2.05, 4.69) is 15.4 Å². The SMILES string of the molecule is COCc1cc(-c2c(-c3ccc(C(F)(F)F)cc3)nn3c2C(=O)NC[C@@H]3C)ccn1. The Labute approximate surface area is 170 Å². The molecule has 0 spiro atoms. The van der Waals surface area contributed by atoms with Gasteiger partial charge in [0.15, 0.2) is 0 Å². The standard InChI is InChI=1S/C21H19F3N4O2/c1-12-10-26-20(29)19-17(14-7-8-25-16(9-14)11-30-2)18(27-28(12)19)13-3-5-15(6-4-13)21(22,23)24/h3-9,12H,10-11H2,1-2H3,(H,26,29)/t12-/m0/s1. The number of hydrogen-bond donors (Lipinski definition) is 1. The predicted octanol–water partition coefficient (Wildman–Crippen LogP) is 4.08. The van der Waals surface area contributed by atoms with Crippen LogP contribution in [0.15, 0.2) is 42.6 Å². The summed E-state index contributed by atoms with van der Waals surface area (Å²) < 4.78 is 45.7. The summed E-state index contributed by atoms with van der Waals surface area (Å²) in [6.07, 6.45) is -2.82. The van der Waals surface area contributed by atoms with Crippen LogP contribution in [0, 0.1) is 0 Å². The Hall–Kier alpha value is -3.20. The number of hydrogen-bond acceptors (Lipinski definition) is 4. The summed E-state index contributed by atoms with van der Waals surface area (Å²) in [5.41, 5.74) is 2.48. The van der Waals surface area contributed by atoms with Gasteiger partial charge < -0.3 is 10.1 Å². The van der Waals surface area contributed by atoms with Crippen LogP contribution in [0.3, 0.4) is 0 Å². The van der Waals surface area contributed by atoms with Gasteiger partial charge in [-0.3, -0.25) is 14.5 Å². The molecular formula is C21H19F3N4O2. The van der Waals surface area contributed by atoms with Crippen LogP contribution in [0.2, 0.25) is 0 Å².